The molecule has 0 aliphatic carbocycles. The summed E-state index contributed by atoms with van der Waals surface area (Å²) in [5, 5.41) is 1.93. The standard InChI is InChI=1S/C22H25N3O4S/c1-23-8-10-24(11-9-23)20-19(18-5-4-12-30-18)21(26)25(22(20)27)14-15-6-7-16(28-2)17(13-15)29-3/h4-7,12-13H,8-11,14H2,1-3H3. The highest BCUT2D eigenvalue weighted by Gasteiger charge is 2.42. The fraction of sp³-hybridized carbons (Fsp3) is 0.364. The third-order valence-corrected chi connectivity index (χ3v) is 6.41. The Morgan fingerprint density at radius 3 is 2.33 bits per heavy atom. The molecule has 2 aliphatic heterocycles. The van der Waals surface area contributed by atoms with E-state index >= 15 is 0 Å². The Labute approximate surface area is 180 Å². The van der Waals surface area contributed by atoms with Crippen molar-refractivity contribution in [2.24, 2.45) is 0 Å². The molecule has 1 aromatic heterocycles. The molecule has 2 aromatic rings. The predicted molar refractivity (Wildman–Crippen MR) is 115 cm³/mol. The molecule has 3 heterocycles. The lowest BCUT2D eigenvalue weighted by atomic mass is 10.1. The summed E-state index contributed by atoms with van der Waals surface area (Å²) >= 11 is 1.48. The van der Waals surface area contributed by atoms with Gasteiger partial charge < -0.3 is 19.3 Å². The lowest BCUT2D eigenvalue weighted by Gasteiger charge is -2.34. The van der Waals surface area contributed by atoms with Crippen LogP contribution in [0.15, 0.2) is 41.4 Å². The van der Waals surface area contributed by atoms with Crippen LogP contribution in [-0.2, 0) is 16.1 Å². The van der Waals surface area contributed by atoms with Crippen LogP contribution in [0.5, 0.6) is 11.5 Å². The zero-order chi connectivity index (χ0) is 21.3. The summed E-state index contributed by atoms with van der Waals surface area (Å²) < 4.78 is 10.7. The average molecular weight is 428 g/mol. The average Bonchev–Trinajstić information content (AvgIpc) is 3.37. The number of carbonyl (C=O) groups excluding carboxylic acids is 2. The van der Waals surface area contributed by atoms with Gasteiger partial charge in [-0.3, -0.25) is 14.5 Å². The number of thiophene rings is 1. The van der Waals surface area contributed by atoms with E-state index in [2.05, 4.69) is 16.8 Å². The van der Waals surface area contributed by atoms with Crippen molar-refractivity contribution in [3.05, 3.63) is 51.8 Å². The molecule has 0 bridgehead atoms. The molecular weight excluding hydrogens is 402 g/mol. The number of likely N-dealkylation sites (N-methyl/N-ethyl adjacent to an activating group) is 1. The molecule has 4 rings (SSSR count). The number of methoxy groups -OCH3 is 2. The van der Waals surface area contributed by atoms with E-state index in [1.165, 1.54) is 16.2 Å². The Kier molecular flexibility index (Phi) is 5.78. The van der Waals surface area contributed by atoms with E-state index in [-0.39, 0.29) is 18.4 Å². The zero-order valence-electron chi connectivity index (χ0n) is 17.4. The van der Waals surface area contributed by atoms with Gasteiger partial charge in [-0.05, 0) is 36.2 Å². The molecule has 2 aliphatic rings. The van der Waals surface area contributed by atoms with Gasteiger partial charge in [0.15, 0.2) is 11.5 Å². The normalized spacial score (nSPS) is 17.8. The van der Waals surface area contributed by atoms with Crippen LogP contribution in [0.1, 0.15) is 10.4 Å². The second-order valence-corrected chi connectivity index (χ2v) is 8.32. The smallest absolute Gasteiger partial charge is 0.278 e. The molecule has 0 saturated carbocycles. The largest absolute Gasteiger partial charge is 0.493 e. The summed E-state index contributed by atoms with van der Waals surface area (Å²) in [6, 6.07) is 9.25. The Balaban J connectivity index is 1.66. The first-order valence-electron chi connectivity index (χ1n) is 9.82. The second-order valence-electron chi connectivity index (χ2n) is 7.38. The third kappa shape index (κ3) is 3.68. The van der Waals surface area contributed by atoms with Gasteiger partial charge in [0.2, 0.25) is 0 Å². The van der Waals surface area contributed by atoms with Crippen LogP contribution in [0, 0.1) is 0 Å². The summed E-state index contributed by atoms with van der Waals surface area (Å²) in [5.41, 5.74) is 1.84. The van der Waals surface area contributed by atoms with Gasteiger partial charge in [0.1, 0.15) is 5.70 Å². The van der Waals surface area contributed by atoms with Crippen molar-refractivity contribution in [2.75, 3.05) is 47.4 Å². The van der Waals surface area contributed by atoms with Crippen molar-refractivity contribution >= 4 is 28.7 Å². The highest BCUT2D eigenvalue weighted by atomic mass is 32.1. The van der Waals surface area contributed by atoms with Gasteiger partial charge in [-0.1, -0.05) is 12.1 Å². The Hall–Kier alpha value is -2.84. The van der Waals surface area contributed by atoms with Crippen LogP contribution in [0.3, 0.4) is 0 Å². The number of hydrogen-bond donors (Lipinski definition) is 0. The number of benzene rings is 1. The van der Waals surface area contributed by atoms with Gasteiger partial charge in [0, 0.05) is 31.1 Å². The lowest BCUT2D eigenvalue weighted by molar-refractivity contribution is -0.138. The highest BCUT2D eigenvalue weighted by Crippen LogP contribution is 2.36. The SMILES string of the molecule is COc1ccc(CN2C(=O)C(c3cccs3)=C(N3CCN(C)CC3)C2=O)cc1OC. The molecule has 1 aromatic carbocycles. The summed E-state index contributed by atoms with van der Waals surface area (Å²) in [6.45, 7) is 3.36. The summed E-state index contributed by atoms with van der Waals surface area (Å²) in [7, 11) is 5.21. The van der Waals surface area contributed by atoms with Crippen molar-refractivity contribution in [1.82, 2.24) is 14.7 Å². The van der Waals surface area contributed by atoms with Gasteiger partial charge in [-0.25, -0.2) is 0 Å². The molecule has 7 nitrogen and oxygen atoms in total. The monoisotopic (exact) mass is 427 g/mol. The van der Waals surface area contributed by atoms with Gasteiger partial charge in [0.25, 0.3) is 11.8 Å². The minimum atomic E-state index is -0.244. The summed E-state index contributed by atoms with van der Waals surface area (Å²) in [6.07, 6.45) is 0. The quantitative estimate of drug-likeness (QED) is 0.660. The molecule has 0 radical (unpaired) electrons. The Morgan fingerprint density at radius 2 is 1.70 bits per heavy atom. The molecule has 0 spiro atoms. The van der Waals surface area contributed by atoms with Gasteiger partial charge in [-0.15, -0.1) is 11.3 Å². The van der Waals surface area contributed by atoms with Gasteiger partial charge in [0.05, 0.1) is 26.3 Å². The minimum Gasteiger partial charge on any atom is -0.493 e. The number of rotatable bonds is 6. The molecule has 0 N–H and O–H groups in total. The molecule has 8 heteroatoms. The van der Waals surface area contributed by atoms with Crippen LogP contribution < -0.4 is 9.47 Å². The summed E-state index contributed by atoms with van der Waals surface area (Å²) in [4.78, 5) is 33.3. The fourth-order valence-corrected chi connectivity index (χ4v) is 4.60. The molecular formula is C22H25N3O4S. The number of carbonyl (C=O) groups is 2. The highest BCUT2D eigenvalue weighted by molar-refractivity contribution is 7.11. The van der Waals surface area contributed by atoms with E-state index < -0.39 is 0 Å². The van der Waals surface area contributed by atoms with Crippen LogP contribution in [0.25, 0.3) is 5.57 Å². The van der Waals surface area contributed by atoms with Gasteiger partial charge in [-0.2, -0.15) is 0 Å². The van der Waals surface area contributed by atoms with E-state index in [0.717, 1.165) is 36.6 Å². The van der Waals surface area contributed by atoms with Crippen LogP contribution in [0.4, 0.5) is 0 Å². The van der Waals surface area contributed by atoms with E-state index in [0.29, 0.717) is 22.8 Å². The Bertz CT molecular complexity index is 978. The van der Waals surface area contributed by atoms with Crippen LogP contribution in [-0.4, -0.2) is 74.0 Å². The van der Waals surface area contributed by atoms with Crippen molar-refractivity contribution < 1.29 is 19.1 Å². The first-order chi connectivity index (χ1) is 14.5. The maximum absolute atomic E-state index is 13.4. The lowest BCUT2D eigenvalue weighted by Crippen LogP contribution is -2.46. The first-order valence-corrected chi connectivity index (χ1v) is 10.7. The minimum absolute atomic E-state index is 0.185. The molecule has 2 amide bonds. The number of nitrogens with zero attached hydrogens (tertiary/aromatic N) is 3. The fourth-order valence-electron chi connectivity index (χ4n) is 3.83. The van der Waals surface area contributed by atoms with Crippen molar-refractivity contribution in [1.29, 1.82) is 0 Å². The molecule has 1 fully saturated rings. The van der Waals surface area contributed by atoms with E-state index in [4.69, 9.17) is 9.47 Å². The van der Waals surface area contributed by atoms with Crippen molar-refractivity contribution in [3.63, 3.8) is 0 Å². The summed E-state index contributed by atoms with van der Waals surface area (Å²) in [5.74, 6) is 0.699. The van der Waals surface area contributed by atoms with Crippen molar-refractivity contribution in [2.45, 2.75) is 6.54 Å². The number of amides is 2. The predicted octanol–water partition coefficient (Wildman–Crippen LogP) is 2.29. The molecule has 0 unspecified atom stereocenters. The number of hydrogen-bond acceptors (Lipinski definition) is 7. The first kappa shape index (κ1) is 20.4. The molecule has 1 saturated heterocycles. The third-order valence-electron chi connectivity index (χ3n) is 5.52. The number of piperazine rings is 1. The van der Waals surface area contributed by atoms with Crippen LogP contribution in [0.2, 0.25) is 0 Å². The second kappa shape index (κ2) is 8.49. The molecule has 158 valence electrons. The maximum atomic E-state index is 13.4. The maximum Gasteiger partial charge on any atom is 0.278 e. The zero-order valence-corrected chi connectivity index (χ0v) is 18.2. The van der Waals surface area contributed by atoms with Crippen LogP contribution >= 0.6 is 11.3 Å². The van der Waals surface area contributed by atoms with Gasteiger partial charge >= 0.3 is 0 Å². The van der Waals surface area contributed by atoms with E-state index in [1.54, 1.807) is 26.4 Å². The number of imide groups is 1. The van der Waals surface area contributed by atoms with E-state index in [9.17, 15) is 9.59 Å². The van der Waals surface area contributed by atoms with E-state index in [1.807, 2.05) is 23.6 Å². The number of ether oxygens (including phenoxy) is 2. The molecule has 30 heavy (non-hydrogen) atoms. The topological polar surface area (TPSA) is 62.3 Å². The van der Waals surface area contributed by atoms with Crippen molar-refractivity contribution in [3.8, 4) is 11.5 Å². The molecule has 0 atom stereocenters. The Morgan fingerprint density at radius 1 is 0.967 bits per heavy atom.